The molecule has 0 bridgehead atoms. The molecule has 4 rings (SSSR count). The maximum atomic E-state index is 13.1. The highest BCUT2D eigenvalue weighted by molar-refractivity contribution is 5.94. The first kappa shape index (κ1) is 17.9. The number of nitrogens with zero attached hydrogens (tertiary/aromatic N) is 4. The number of carbonyl (C=O) groups is 1. The van der Waals surface area contributed by atoms with E-state index in [1.165, 1.54) is 12.1 Å². The summed E-state index contributed by atoms with van der Waals surface area (Å²) >= 11 is 0. The molecule has 5 nitrogen and oxygen atoms in total. The van der Waals surface area contributed by atoms with E-state index in [0.717, 1.165) is 22.6 Å². The molecule has 1 atom stereocenters. The number of hydrogen-bond donors (Lipinski definition) is 0. The van der Waals surface area contributed by atoms with Gasteiger partial charge in [0.25, 0.3) is 5.91 Å². The lowest BCUT2D eigenvalue weighted by Crippen LogP contribution is -2.30. The van der Waals surface area contributed by atoms with Gasteiger partial charge in [-0.3, -0.25) is 9.78 Å². The summed E-state index contributed by atoms with van der Waals surface area (Å²) < 4.78 is 15.0. The van der Waals surface area contributed by atoms with Gasteiger partial charge in [-0.15, -0.1) is 0 Å². The van der Waals surface area contributed by atoms with Crippen LogP contribution in [0.2, 0.25) is 0 Å². The molecule has 0 aliphatic heterocycles. The summed E-state index contributed by atoms with van der Waals surface area (Å²) in [4.78, 5) is 23.5. The van der Waals surface area contributed by atoms with Crippen molar-refractivity contribution in [2.24, 2.45) is 0 Å². The van der Waals surface area contributed by atoms with Gasteiger partial charge in [-0.05, 0) is 55.5 Å². The molecule has 0 saturated carbocycles. The van der Waals surface area contributed by atoms with Crippen LogP contribution in [0.4, 0.5) is 4.39 Å². The van der Waals surface area contributed by atoms with Crippen molar-refractivity contribution in [3.8, 4) is 11.3 Å². The fraction of sp³-hybridized carbons (Fsp3) is 0.136. The Balaban J connectivity index is 1.62. The largest absolute Gasteiger partial charge is 0.333 e. The van der Waals surface area contributed by atoms with Crippen LogP contribution in [-0.4, -0.2) is 32.2 Å². The number of halogens is 1. The molecule has 1 aromatic carbocycles. The number of rotatable bonds is 4. The van der Waals surface area contributed by atoms with Crippen LogP contribution in [0.5, 0.6) is 0 Å². The highest BCUT2D eigenvalue weighted by Gasteiger charge is 2.20. The van der Waals surface area contributed by atoms with Crippen molar-refractivity contribution in [1.29, 1.82) is 0 Å². The zero-order chi connectivity index (χ0) is 19.7. The number of imidazole rings is 1. The van der Waals surface area contributed by atoms with E-state index in [1.54, 1.807) is 48.6 Å². The van der Waals surface area contributed by atoms with Gasteiger partial charge in [0.05, 0.1) is 23.0 Å². The van der Waals surface area contributed by atoms with E-state index in [4.69, 9.17) is 0 Å². The average molecular weight is 374 g/mol. The lowest BCUT2D eigenvalue weighted by atomic mass is 10.1. The second-order valence-electron chi connectivity index (χ2n) is 6.66. The first-order valence-electron chi connectivity index (χ1n) is 8.96. The highest BCUT2D eigenvalue weighted by Crippen LogP contribution is 2.22. The van der Waals surface area contributed by atoms with Crippen LogP contribution in [0.15, 0.2) is 73.2 Å². The van der Waals surface area contributed by atoms with Crippen LogP contribution < -0.4 is 0 Å². The van der Waals surface area contributed by atoms with E-state index in [-0.39, 0.29) is 17.8 Å². The first-order valence-corrected chi connectivity index (χ1v) is 8.96. The van der Waals surface area contributed by atoms with E-state index in [2.05, 4.69) is 9.97 Å². The molecule has 140 valence electrons. The summed E-state index contributed by atoms with van der Waals surface area (Å²) in [5, 5.41) is 0. The molecule has 0 aliphatic carbocycles. The van der Waals surface area contributed by atoms with Crippen molar-refractivity contribution < 1.29 is 9.18 Å². The Morgan fingerprint density at radius 3 is 2.57 bits per heavy atom. The molecular formula is C22H19FN4O. The SMILES string of the molecule is C[C@@H](c1ccccn1)N(C)C(=O)c1ccc2nc(-c3ccc(F)cc3)cn2c1. The number of benzene rings is 1. The molecule has 0 aliphatic rings. The van der Waals surface area contributed by atoms with Gasteiger partial charge >= 0.3 is 0 Å². The van der Waals surface area contributed by atoms with E-state index in [1.807, 2.05) is 35.7 Å². The highest BCUT2D eigenvalue weighted by atomic mass is 19.1. The first-order chi connectivity index (χ1) is 13.5. The van der Waals surface area contributed by atoms with Gasteiger partial charge in [0.15, 0.2) is 0 Å². The van der Waals surface area contributed by atoms with E-state index >= 15 is 0 Å². The third-order valence-corrected chi connectivity index (χ3v) is 4.86. The molecule has 1 amide bonds. The number of pyridine rings is 2. The molecule has 0 radical (unpaired) electrons. The standard InChI is InChI=1S/C22H19FN4O/c1-15(19-5-3-4-12-24-19)26(2)22(28)17-8-11-21-25-20(14-27(21)13-17)16-6-9-18(23)10-7-16/h3-15H,1-2H3/t15-/m0/s1. The van der Waals surface area contributed by atoms with Crippen LogP contribution in [0.1, 0.15) is 29.0 Å². The summed E-state index contributed by atoms with van der Waals surface area (Å²) in [6.07, 6.45) is 5.32. The molecule has 3 heterocycles. The van der Waals surface area contributed by atoms with Crippen LogP contribution in [0.25, 0.3) is 16.9 Å². The van der Waals surface area contributed by atoms with Gasteiger partial charge in [0, 0.05) is 31.2 Å². The predicted molar refractivity (Wildman–Crippen MR) is 105 cm³/mol. The third-order valence-electron chi connectivity index (χ3n) is 4.86. The second-order valence-corrected chi connectivity index (χ2v) is 6.66. The van der Waals surface area contributed by atoms with Crippen LogP contribution in [0.3, 0.4) is 0 Å². The van der Waals surface area contributed by atoms with Crippen molar-refractivity contribution in [2.45, 2.75) is 13.0 Å². The Bertz CT molecular complexity index is 1120. The lowest BCUT2D eigenvalue weighted by molar-refractivity contribution is 0.0739. The summed E-state index contributed by atoms with van der Waals surface area (Å²) in [6, 6.07) is 15.3. The Kier molecular flexibility index (Phi) is 4.61. The monoisotopic (exact) mass is 374 g/mol. The van der Waals surface area contributed by atoms with Crippen LogP contribution >= 0.6 is 0 Å². The normalized spacial score (nSPS) is 12.1. The van der Waals surface area contributed by atoms with Crippen molar-refractivity contribution in [3.05, 3.63) is 90.3 Å². The smallest absolute Gasteiger partial charge is 0.255 e. The Labute approximate surface area is 162 Å². The van der Waals surface area contributed by atoms with Gasteiger partial charge in [-0.2, -0.15) is 0 Å². The summed E-state index contributed by atoms with van der Waals surface area (Å²) in [7, 11) is 1.77. The number of carbonyl (C=O) groups excluding carboxylic acids is 1. The number of hydrogen-bond acceptors (Lipinski definition) is 3. The maximum absolute atomic E-state index is 13.1. The molecule has 6 heteroatoms. The van der Waals surface area contributed by atoms with Gasteiger partial charge in [0.2, 0.25) is 0 Å². The molecule has 0 spiro atoms. The Morgan fingerprint density at radius 2 is 1.86 bits per heavy atom. The van der Waals surface area contributed by atoms with Crippen molar-refractivity contribution in [2.75, 3.05) is 7.05 Å². The second kappa shape index (κ2) is 7.23. The topological polar surface area (TPSA) is 50.5 Å². The Morgan fingerprint density at radius 1 is 1.07 bits per heavy atom. The van der Waals surface area contributed by atoms with Crippen LogP contribution in [-0.2, 0) is 0 Å². The lowest BCUT2D eigenvalue weighted by Gasteiger charge is -2.24. The fourth-order valence-corrected chi connectivity index (χ4v) is 3.08. The molecule has 0 unspecified atom stereocenters. The van der Waals surface area contributed by atoms with Crippen molar-refractivity contribution in [3.63, 3.8) is 0 Å². The number of amides is 1. The van der Waals surface area contributed by atoms with Gasteiger partial charge in [-0.25, -0.2) is 9.37 Å². The molecule has 28 heavy (non-hydrogen) atoms. The third kappa shape index (κ3) is 3.36. The summed E-state index contributed by atoms with van der Waals surface area (Å²) in [6.45, 7) is 1.95. The zero-order valence-electron chi connectivity index (χ0n) is 15.6. The van der Waals surface area contributed by atoms with Gasteiger partial charge < -0.3 is 9.30 Å². The minimum atomic E-state index is -0.287. The van der Waals surface area contributed by atoms with Crippen molar-refractivity contribution >= 4 is 11.6 Å². The average Bonchev–Trinajstić information content (AvgIpc) is 3.16. The minimum absolute atomic E-state index is 0.0999. The number of aromatic nitrogens is 3. The van der Waals surface area contributed by atoms with Crippen molar-refractivity contribution in [1.82, 2.24) is 19.3 Å². The molecule has 4 aromatic rings. The molecule has 3 aromatic heterocycles. The summed E-state index contributed by atoms with van der Waals surface area (Å²) in [5.74, 6) is -0.387. The van der Waals surface area contributed by atoms with Gasteiger partial charge in [-0.1, -0.05) is 6.07 Å². The molecular weight excluding hydrogens is 355 g/mol. The quantitative estimate of drug-likeness (QED) is 0.533. The maximum Gasteiger partial charge on any atom is 0.255 e. The molecule has 0 N–H and O–H groups in total. The zero-order valence-corrected chi connectivity index (χ0v) is 15.6. The van der Waals surface area contributed by atoms with E-state index < -0.39 is 0 Å². The molecule has 0 saturated heterocycles. The van der Waals surface area contributed by atoms with Crippen LogP contribution in [0, 0.1) is 5.82 Å². The van der Waals surface area contributed by atoms with Gasteiger partial charge in [0.1, 0.15) is 11.5 Å². The fourth-order valence-electron chi connectivity index (χ4n) is 3.08. The van der Waals surface area contributed by atoms with E-state index in [9.17, 15) is 9.18 Å². The Hall–Kier alpha value is -3.54. The molecule has 0 fully saturated rings. The predicted octanol–water partition coefficient (Wildman–Crippen LogP) is 4.37. The summed E-state index contributed by atoms with van der Waals surface area (Å²) in [5.41, 5.74) is 3.65. The minimum Gasteiger partial charge on any atom is -0.333 e. The van der Waals surface area contributed by atoms with E-state index in [0.29, 0.717) is 5.56 Å². The number of fused-ring (bicyclic) bond motifs is 1.